The highest BCUT2D eigenvalue weighted by Crippen LogP contribution is 2.27. The Hall–Kier alpha value is -2.96. The third-order valence-corrected chi connectivity index (χ3v) is 4.10. The molecule has 0 saturated carbocycles. The second-order valence-corrected chi connectivity index (χ2v) is 6.20. The van der Waals surface area contributed by atoms with Crippen LogP contribution in [0.15, 0.2) is 30.3 Å². The fraction of sp³-hybridized carbons (Fsp3) is 0.333. The number of aryl methyl sites for hydroxylation is 4. The number of fused-ring (bicyclic) bond motifs is 1. The van der Waals surface area contributed by atoms with Crippen molar-refractivity contribution in [2.75, 3.05) is 11.9 Å². The fourth-order valence-corrected chi connectivity index (χ4v) is 2.96. The predicted molar refractivity (Wildman–Crippen MR) is 97.9 cm³/mol. The number of nitrogens with zero attached hydrogens (tertiary/aromatic N) is 4. The predicted octanol–water partition coefficient (Wildman–Crippen LogP) is 3.77. The topological polar surface area (TPSA) is 85.9 Å². The second kappa shape index (κ2) is 6.88. The van der Waals surface area contributed by atoms with E-state index >= 15 is 0 Å². The summed E-state index contributed by atoms with van der Waals surface area (Å²) in [6.45, 7) is 7.53. The zero-order chi connectivity index (χ0) is 18.0. The van der Waals surface area contributed by atoms with Gasteiger partial charge in [-0.15, -0.1) is 0 Å². The molecule has 7 heteroatoms. The molecule has 0 amide bonds. The molecule has 0 bridgehead atoms. The van der Waals surface area contributed by atoms with Crippen LogP contribution < -0.4 is 5.32 Å². The van der Waals surface area contributed by atoms with Gasteiger partial charge in [-0.25, -0.2) is 0 Å². The van der Waals surface area contributed by atoms with Gasteiger partial charge in [0.05, 0.1) is 16.1 Å². The maximum Gasteiger partial charge on any atom is 0.270 e. The molecule has 3 aromatic rings. The Bertz CT molecular complexity index is 933. The molecule has 0 aliphatic rings. The van der Waals surface area contributed by atoms with Crippen LogP contribution in [0.2, 0.25) is 0 Å². The van der Waals surface area contributed by atoms with Gasteiger partial charge >= 0.3 is 0 Å². The highest BCUT2D eigenvalue weighted by Gasteiger charge is 2.10. The minimum Gasteiger partial charge on any atom is -0.384 e. The maximum atomic E-state index is 11.0. The maximum absolute atomic E-state index is 11.0. The van der Waals surface area contributed by atoms with Gasteiger partial charge in [0.15, 0.2) is 0 Å². The number of nitro groups is 1. The lowest BCUT2D eigenvalue weighted by Crippen LogP contribution is -2.09. The summed E-state index contributed by atoms with van der Waals surface area (Å²) in [4.78, 5) is 15.1. The lowest BCUT2D eigenvalue weighted by molar-refractivity contribution is -0.384. The molecule has 0 fully saturated rings. The van der Waals surface area contributed by atoms with Crippen molar-refractivity contribution in [3.05, 3.63) is 57.5 Å². The molecule has 1 aromatic carbocycles. The van der Waals surface area contributed by atoms with Crippen LogP contribution in [-0.2, 0) is 6.54 Å². The first-order chi connectivity index (χ1) is 11.9. The summed E-state index contributed by atoms with van der Waals surface area (Å²) in [7, 11) is 0. The summed E-state index contributed by atoms with van der Waals surface area (Å²) < 4.78 is 2.00. The molecule has 3 rings (SSSR count). The van der Waals surface area contributed by atoms with Gasteiger partial charge in [0.25, 0.3) is 5.69 Å². The van der Waals surface area contributed by atoms with Gasteiger partial charge in [-0.05, 0) is 45.4 Å². The third kappa shape index (κ3) is 3.76. The van der Waals surface area contributed by atoms with Crippen molar-refractivity contribution in [1.29, 1.82) is 0 Å². The number of anilines is 1. The summed E-state index contributed by atoms with van der Waals surface area (Å²) >= 11 is 0. The summed E-state index contributed by atoms with van der Waals surface area (Å²) in [6.07, 6.45) is 0.903. The molecule has 0 unspecified atom stereocenters. The fourth-order valence-electron chi connectivity index (χ4n) is 2.96. The van der Waals surface area contributed by atoms with E-state index in [1.54, 1.807) is 12.1 Å². The van der Waals surface area contributed by atoms with Crippen LogP contribution in [0.3, 0.4) is 0 Å². The molecule has 7 nitrogen and oxygen atoms in total. The lowest BCUT2D eigenvalue weighted by atomic mass is 10.1. The quantitative estimate of drug-likeness (QED) is 0.420. The van der Waals surface area contributed by atoms with E-state index in [9.17, 15) is 10.1 Å². The molecule has 0 radical (unpaired) electrons. The Labute approximate surface area is 145 Å². The van der Waals surface area contributed by atoms with Crippen molar-refractivity contribution in [2.24, 2.45) is 0 Å². The van der Waals surface area contributed by atoms with Crippen LogP contribution >= 0.6 is 0 Å². The zero-order valence-corrected chi connectivity index (χ0v) is 14.6. The number of hydrogen-bond donors (Lipinski definition) is 1. The van der Waals surface area contributed by atoms with E-state index in [-0.39, 0.29) is 10.6 Å². The number of rotatable bonds is 6. The number of non-ortho nitro benzene ring substituents is 1. The van der Waals surface area contributed by atoms with Gasteiger partial charge in [0.2, 0.25) is 0 Å². The normalized spacial score (nSPS) is 11.0. The number of aromatic nitrogens is 3. The van der Waals surface area contributed by atoms with Crippen LogP contribution in [-0.4, -0.2) is 26.2 Å². The number of nitro benzene ring substituents is 1. The number of hydrogen-bond acceptors (Lipinski definition) is 5. The number of nitrogens with one attached hydrogen (secondary N) is 1. The Balaban J connectivity index is 1.74. The van der Waals surface area contributed by atoms with E-state index in [1.165, 1.54) is 6.07 Å². The van der Waals surface area contributed by atoms with Gasteiger partial charge < -0.3 is 5.32 Å². The molecule has 0 spiro atoms. The van der Waals surface area contributed by atoms with Crippen LogP contribution in [0, 0.1) is 30.9 Å². The van der Waals surface area contributed by atoms with Crippen molar-refractivity contribution in [3.63, 3.8) is 0 Å². The van der Waals surface area contributed by atoms with E-state index in [0.717, 1.165) is 53.2 Å². The van der Waals surface area contributed by atoms with E-state index in [1.807, 2.05) is 31.5 Å². The minimum atomic E-state index is -0.383. The lowest BCUT2D eigenvalue weighted by Gasteiger charge is -2.11. The molecule has 0 saturated heterocycles. The first-order valence-electron chi connectivity index (χ1n) is 8.25. The van der Waals surface area contributed by atoms with Crippen LogP contribution in [0.4, 0.5) is 11.4 Å². The van der Waals surface area contributed by atoms with Crippen LogP contribution in [0.25, 0.3) is 10.9 Å². The van der Waals surface area contributed by atoms with Crippen molar-refractivity contribution in [2.45, 2.75) is 33.7 Å². The highest BCUT2D eigenvalue weighted by atomic mass is 16.6. The molecule has 1 N–H and O–H groups in total. The molecule has 2 heterocycles. The van der Waals surface area contributed by atoms with Gasteiger partial charge in [-0.3, -0.25) is 19.8 Å². The SMILES string of the molecule is Cc1cc(NCCCn2nc(C)cc2C)c2cc([N+](=O)[O-])ccc2n1. The summed E-state index contributed by atoms with van der Waals surface area (Å²) in [5.41, 5.74) is 4.75. The Morgan fingerprint density at radius 1 is 1.16 bits per heavy atom. The Kier molecular flexibility index (Phi) is 4.65. The van der Waals surface area contributed by atoms with Crippen LogP contribution in [0.5, 0.6) is 0 Å². The highest BCUT2D eigenvalue weighted by molar-refractivity contribution is 5.93. The van der Waals surface area contributed by atoms with Crippen molar-refractivity contribution >= 4 is 22.3 Å². The largest absolute Gasteiger partial charge is 0.384 e. The molecule has 25 heavy (non-hydrogen) atoms. The van der Waals surface area contributed by atoms with E-state index < -0.39 is 0 Å². The molecular formula is C18H21N5O2. The monoisotopic (exact) mass is 339 g/mol. The summed E-state index contributed by atoms with van der Waals surface area (Å²) in [5, 5.41) is 19.6. The zero-order valence-electron chi connectivity index (χ0n) is 14.6. The number of benzene rings is 1. The molecule has 2 aromatic heterocycles. The average molecular weight is 339 g/mol. The second-order valence-electron chi connectivity index (χ2n) is 6.20. The van der Waals surface area contributed by atoms with Gasteiger partial charge in [-0.1, -0.05) is 0 Å². The van der Waals surface area contributed by atoms with E-state index in [2.05, 4.69) is 21.5 Å². The average Bonchev–Trinajstić information content (AvgIpc) is 2.88. The van der Waals surface area contributed by atoms with Crippen molar-refractivity contribution < 1.29 is 4.92 Å². The van der Waals surface area contributed by atoms with Gasteiger partial charge in [-0.2, -0.15) is 5.10 Å². The van der Waals surface area contributed by atoms with E-state index in [0.29, 0.717) is 0 Å². The Morgan fingerprint density at radius 3 is 2.64 bits per heavy atom. The van der Waals surface area contributed by atoms with Crippen LogP contribution in [0.1, 0.15) is 23.5 Å². The van der Waals surface area contributed by atoms with Gasteiger partial charge in [0.1, 0.15) is 0 Å². The van der Waals surface area contributed by atoms with E-state index in [4.69, 9.17) is 0 Å². The smallest absolute Gasteiger partial charge is 0.270 e. The number of pyridine rings is 1. The molecule has 0 atom stereocenters. The third-order valence-electron chi connectivity index (χ3n) is 4.10. The molecule has 0 aliphatic carbocycles. The summed E-state index contributed by atoms with van der Waals surface area (Å²) in [5.74, 6) is 0. The molecule has 130 valence electrons. The first-order valence-corrected chi connectivity index (χ1v) is 8.25. The van der Waals surface area contributed by atoms with Gasteiger partial charge in [0, 0.05) is 47.7 Å². The standard InChI is InChI=1S/C18H21N5O2/c1-12-10-18(16-11-15(23(24)25)5-6-17(16)20-12)19-7-4-8-22-14(3)9-13(2)21-22/h5-6,9-11H,4,7-8H2,1-3H3,(H,19,20). The first kappa shape index (κ1) is 16.9. The Morgan fingerprint density at radius 2 is 1.96 bits per heavy atom. The van der Waals surface area contributed by atoms with Crippen molar-refractivity contribution in [1.82, 2.24) is 14.8 Å². The summed E-state index contributed by atoms with van der Waals surface area (Å²) in [6, 6.07) is 8.75. The molecule has 0 aliphatic heterocycles. The molecular weight excluding hydrogens is 318 g/mol. The minimum absolute atomic E-state index is 0.0730. The van der Waals surface area contributed by atoms with Crippen molar-refractivity contribution in [3.8, 4) is 0 Å².